The van der Waals surface area contributed by atoms with Crippen LogP contribution in [-0.2, 0) is 4.43 Å². The van der Waals surface area contributed by atoms with E-state index in [-0.39, 0.29) is 5.04 Å². The minimum Gasteiger partial charge on any atom is -0.416 e. The fraction of sp³-hybridized carbons (Fsp3) is 0.684. The Balaban J connectivity index is 1.51. The van der Waals surface area contributed by atoms with Crippen LogP contribution >= 0.6 is 15.9 Å². The summed E-state index contributed by atoms with van der Waals surface area (Å²) in [6.45, 7) is 15.5. The van der Waals surface area contributed by atoms with E-state index < -0.39 is 8.32 Å². The van der Waals surface area contributed by atoms with Crippen molar-refractivity contribution < 1.29 is 4.43 Å². The van der Waals surface area contributed by atoms with Crippen molar-refractivity contribution in [2.45, 2.75) is 57.8 Å². The molecule has 1 aliphatic rings. The maximum absolute atomic E-state index is 6.37. The van der Waals surface area contributed by atoms with Gasteiger partial charge in [0.05, 0.1) is 10.7 Å². The first kappa shape index (κ1) is 20.8. The Morgan fingerprint density at radius 1 is 1.37 bits per heavy atom. The predicted octanol–water partition coefficient (Wildman–Crippen LogP) is 4.39. The normalized spacial score (nSPS) is 19.1. The summed E-state index contributed by atoms with van der Waals surface area (Å²) in [5.74, 6) is 0.896. The van der Waals surface area contributed by atoms with Gasteiger partial charge in [0.1, 0.15) is 5.82 Å². The van der Waals surface area contributed by atoms with Crippen LogP contribution in [0.4, 0.5) is 5.82 Å². The molecule has 0 radical (unpaired) electrons. The molecular weight excluding hydrogens is 422 g/mol. The van der Waals surface area contributed by atoms with Crippen LogP contribution in [0.1, 0.15) is 33.6 Å². The van der Waals surface area contributed by atoms with Crippen LogP contribution in [0.2, 0.25) is 18.1 Å². The molecule has 27 heavy (non-hydrogen) atoms. The minimum atomic E-state index is -1.66. The van der Waals surface area contributed by atoms with Gasteiger partial charge < -0.3 is 9.74 Å². The van der Waals surface area contributed by atoms with E-state index in [4.69, 9.17) is 4.43 Å². The highest BCUT2D eigenvalue weighted by Gasteiger charge is 2.37. The van der Waals surface area contributed by atoms with Crippen molar-refractivity contribution in [2.24, 2.45) is 0 Å². The van der Waals surface area contributed by atoms with Crippen LogP contribution in [0.15, 0.2) is 22.9 Å². The van der Waals surface area contributed by atoms with Gasteiger partial charge in [0.2, 0.25) is 0 Å². The summed E-state index contributed by atoms with van der Waals surface area (Å²) >= 11 is 3.49. The number of likely N-dealkylation sites (tertiary alicyclic amines) is 1. The summed E-state index contributed by atoms with van der Waals surface area (Å²) in [5, 5.41) is 8.02. The van der Waals surface area contributed by atoms with Crippen molar-refractivity contribution in [3.63, 3.8) is 0 Å². The summed E-state index contributed by atoms with van der Waals surface area (Å²) in [6.07, 6.45) is 6.20. The lowest BCUT2D eigenvalue weighted by molar-refractivity contribution is 0.191. The van der Waals surface area contributed by atoms with Gasteiger partial charge in [-0.1, -0.05) is 20.8 Å². The standard InChI is InChI=1S/C19H32BrN5OSi/c1-19(2,3)27(4,5)26-12-11-24-9-6-7-15(24)13-21-17-8-10-25-18(23-17)16(20)14-22-25/h8,10,14-15H,6-7,9,11-13H2,1-5H3,(H,21,23). The molecular formula is C19H32BrN5OSi. The molecule has 8 heteroatoms. The topological polar surface area (TPSA) is 54.7 Å². The summed E-state index contributed by atoms with van der Waals surface area (Å²) in [7, 11) is -1.66. The molecule has 3 rings (SSSR count). The van der Waals surface area contributed by atoms with E-state index in [2.05, 4.69) is 70.1 Å². The van der Waals surface area contributed by atoms with Crippen LogP contribution in [0.3, 0.4) is 0 Å². The number of halogens is 1. The monoisotopic (exact) mass is 453 g/mol. The van der Waals surface area contributed by atoms with E-state index in [1.54, 1.807) is 10.7 Å². The van der Waals surface area contributed by atoms with Crippen molar-refractivity contribution in [2.75, 3.05) is 31.6 Å². The van der Waals surface area contributed by atoms with Crippen LogP contribution in [-0.4, -0.2) is 60.1 Å². The lowest BCUT2D eigenvalue weighted by atomic mass is 10.2. The highest BCUT2D eigenvalue weighted by atomic mass is 79.9. The van der Waals surface area contributed by atoms with Gasteiger partial charge in [-0.05, 0) is 59.5 Å². The molecule has 1 atom stereocenters. The van der Waals surface area contributed by atoms with Gasteiger partial charge in [-0.15, -0.1) is 0 Å². The third-order valence-electron chi connectivity index (χ3n) is 5.99. The predicted molar refractivity (Wildman–Crippen MR) is 117 cm³/mol. The SMILES string of the molecule is CC(C)(C)[Si](C)(C)OCCN1CCCC1CNc1ccn2ncc(Br)c2n1. The molecule has 3 heterocycles. The first-order valence-electron chi connectivity index (χ1n) is 9.79. The lowest BCUT2D eigenvalue weighted by Gasteiger charge is -2.37. The zero-order valence-corrected chi connectivity index (χ0v) is 19.7. The van der Waals surface area contributed by atoms with Gasteiger partial charge in [-0.25, -0.2) is 9.50 Å². The molecule has 1 N–H and O–H groups in total. The summed E-state index contributed by atoms with van der Waals surface area (Å²) < 4.78 is 9.06. The molecule has 2 aromatic heterocycles. The molecule has 0 amide bonds. The Morgan fingerprint density at radius 3 is 2.89 bits per heavy atom. The first-order valence-corrected chi connectivity index (χ1v) is 13.5. The molecule has 6 nitrogen and oxygen atoms in total. The Hall–Kier alpha value is -0.963. The molecule has 2 aromatic rings. The van der Waals surface area contributed by atoms with Crippen molar-refractivity contribution >= 4 is 35.7 Å². The molecule has 1 aliphatic heterocycles. The van der Waals surface area contributed by atoms with Crippen molar-refractivity contribution in [1.82, 2.24) is 19.5 Å². The Labute approximate surface area is 171 Å². The molecule has 0 aromatic carbocycles. The van der Waals surface area contributed by atoms with E-state index in [1.165, 1.54) is 12.8 Å². The molecule has 0 spiro atoms. The second-order valence-electron chi connectivity index (χ2n) is 8.90. The van der Waals surface area contributed by atoms with E-state index in [0.29, 0.717) is 6.04 Å². The van der Waals surface area contributed by atoms with Gasteiger partial charge >= 0.3 is 0 Å². The fourth-order valence-electron chi connectivity index (χ4n) is 3.22. The molecule has 0 aliphatic carbocycles. The number of aromatic nitrogens is 3. The average Bonchev–Trinajstić information content (AvgIpc) is 3.19. The Morgan fingerprint density at radius 2 is 2.15 bits per heavy atom. The van der Waals surface area contributed by atoms with Crippen molar-refractivity contribution in [3.05, 3.63) is 22.9 Å². The molecule has 150 valence electrons. The number of hydrogen-bond acceptors (Lipinski definition) is 5. The molecule has 0 bridgehead atoms. The second kappa shape index (κ2) is 8.19. The number of nitrogens with one attached hydrogen (secondary N) is 1. The molecule has 1 unspecified atom stereocenters. The fourth-order valence-corrected chi connectivity index (χ4v) is 4.61. The quantitative estimate of drug-likeness (QED) is 0.629. The van der Waals surface area contributed by atoms with Crippen LogP contribution < -0.4 is 5.32 Å². The van der Waals surface area contributed by atoms with Gasteiger partial charge in [0.25, 0.3) is 0 Å². The molecule has 1 fully saturated rings. The highest BCUT2D eigenvalue weighted by Crippen LogP contribution is 2.36. The summed E-state index contributed by atoms with van der Waals surface area (Å²) in [4.78, 5) is 7.21. The van der Waals surface area contributed by atoms with Gasteiger partial charge in [-0.3, -0.25) is 4.90 Å². The van der Waals surface area contributed by atoms with E-state index in [1.807, 2.05) is 12.3 Å². The summed E-state index contributed by atoms with van der Waals surface area (Å²) in [5.41, 5.74) is 0.839. The first-order chi connectivity index (χ1) is 12.7. The van der Waals surface area contributed by atoms with Crippen LogP contribution in [0, 0.1) is 0 Å². The van der Waals surface area contributed by atoms with E-state index in [0.717, 1.165) is 42.2 Å². The van der Waals surface area contributed by atoms with E-state index >= 15 is 0 Å². The Bertz CT molecular complexity index is 773. The third kappa shape index (κ3) is 4.91. The van der Waals surface area contributed by atoms with Gasteiger partial charge in [0.15, 0.2) is 14.0 Å². The van der Waals surface area contributed by atoms with Crippen LogP contribution in [0.5, 0.6) is 0 Å². The largest absolute Gasteiger partial charge is 0.416 e. The maximum Gasteiger partial charge on any atom is 0.192 e. The minimum absolute atomic E-state index is 0.269. The third-order valence-corrected chi connectivity index (χ3v) is 11.1. The number of fused-ring (bicyclic) bond motifs is 1. The molecule has 0 saturated carbocycles. The maximum atomic E-state index is 6.37. The number of nitrogens with zero attached hydrogens (tertiary/aromatic N) is 4. The van der Waals surface area contributed by atoms with Crippen molar-refractivity contribution in [3.8, 4) is 0 Å². The average molecular weight is 454 g/mol. The van der Waals surface area contributed by atoms with Crippen molar-refractivity contribution in [1.29, 1.82) is 0 Å². The van der Waals surface area contributed by atoms with Crippen LogP contribution in [0.25, 0.3) is 5.65 Å². The molecule has 1 saturated heterocycles. The number of hydrogen-bond donors (Lipinski definition) is 1. The van der Waals surface area contributed by atoms with Gasteiger partial charge in [-0.2, -0.15) is 5.10 Å². The smallest absolute Gasteiger partial charge is 0.192 e. The number of anilines is 1. The summed E-state index contributed by atoms with van der Waals surface area (Å²) in [6, 6.07) is 2.52. The Kier molecular flexibility index (Phi) is 6.30. The zero-order chi connectivity index (χ0) is 19.7. The second-order valence-corrected chi connectivity index (χ2v) is 14.6. The van der Waals surface area contributed by atoms with Gasteiger partial charge in [0, 0.05) is 31.9 Å². The highest BCUT2D eigenvalue weighted by molar-refractivity contribution is 9.10. The van der Waals surface area contributed by atoms with E-state index in [9.17, 15) is 0 Å². The lowest BCUT2D eigenvalue weighted by Crippen LogP contribution is -2.44. The zero-order valence-electron chi connectivity index (χ0n) is 17.1. The number of rotatable bonds is 7.